The lowest BCUT2D eigenvalue weighted by Crippen LogP contribution is -2.12. The van der Waals surface area contributed by atoms with Crippen LogP contribution >= 0.6 is 0 Å². The Hall–Kier alpha value is -9.62. The van der Waals surface area contributed by atoms with Crippen LogP contribution in [0.3, 0.4) is 0 Å². The first-order chi connectivity index (χ1) is 33.5. The van der Waals surface area contributed by atoms with Crippen molar-refractivity contribution in [2.45, 2.75) is 0 Å². The average molecular weight is 869 g/mol. The van der Waals surface area contributed by atoms with Gasteiger partial charge in [0.15, 0.2) is 0 Å². The molecule has 0 aliphatic carbocycles. The van der Waals surface area contributed by atoms with E-state index in [9.17, 15) is 10.5 Å². The zero-order chi connectivity index (χ0) is 45.9. The summed E-state index contributed by atoms with van der Waals surface area (Å²) < 4.78 is 4.28. The van der Waals surface area contributed by atoms with E-state index in [2.05, 4.69) is 167 Å². The minimum atomic E-state index is 0.254. The maximum atomic E-state index is 11.5. The van der Waals surface area contributed by atoms with Crippen LogP contribution in [0.4, 0.5) is 11.4 Å². The minimum Gasteiger partial charge on any atom is -0.396 e. The number of rotatable bonds is 7. The van der Waals surface area contributed by atoms with Gasteiger partial charge in [-0.3, -0.25) is 0 Å². The Bertz CT molecular complexity index is 3830. The fourth-order valence-corrected chi connectivity index (χ4v) is 10.1. The number of fused-ring (bicyclic) bond motifs is 6. The Morgan fingerprint density at radius 2 is 0.632 bits per heavy atom. The molecular weight excluding hydrogens is 829 g/mol. The van der Waals surface area contributed by atoms with Crippen molar-refractivity contribution in [1.82, 2.24) is 9.13 Å². The van der Waals surface area contributed by atoms with E-state index in [1.165, 1.54) is 0 Å². The van der Waals surface area contributed by atoms with Crippen molar-refractivity contribution >= 4 is 55.0 Å². The van der Waals surface area contributed by atoms with Gasteiger partial charge in [0, 0.05) is 27.1 Å². The van der Waals surface area contributed by atoms with E-state index in [0.717, 1.165) is 93.7 Å². The summed E-state index contributed by atoms with van der Waals surface area (Å²) in [6, 6.07) is 79.7. The van der Waals surface area contributed by atoms with Gasteiger partial charge in [0.25, 0.3) is 0 Å². The second-order valence-electron chi connectivity index (χ2n) is 17.1. The number of anilines is 2. The predicted octanol–water partition coefficient (Wildman–Crippen LogP) is 15.1. The van der Waals surface area contributed by atoms with Gasteiger partial charge in [-0.2, -0.15) is 10.5 Å². The van der Waals surface area contributed by atoms with Gasteiger partial charge in [-0.25, -0.2) is 0 Å². The number of hydrogen-bond donors (Lipinski definition) is 2. The maximum absolute atomic E-state index is 11.5. The lowest BCUT2D eigenvalue weighted by Gasteiger charge is -2.24. The topological polar surface area (TPSA) is 109 Å². The molecule has 0 bridgehead atoms. The van der Waals surface area contributed by atoms with Crippen molar-refractivity contribution in [3.05, 3.63) is 230 Å². The van der Waals surface area contributed by atoms with E-state index in [4.69, 9.17) is 11.5 Å². The largest absolute Gasteiger partial charge is 0.396 e. The van der Waals surface area contributed by atoms with Crippen molar-refractivity contribution < 1.29 is 0 Å². The van der Waals surface area contributed by atoms with E-state index >= 15 is 0 Å². The molecule has 0 radical (unpaired) electrons. The van der Waals surface area contributed by atoms with Gasteiger partial charge in [-0.05, 0) is 111 Å². The summed E-state index contributed by atoms with van der Waals surface area (Å²) in [6.07, 6.45) is 0. The molecule has 0 atom stereocenters. The van der Waals surface area contributed by atoms with Crippen molar-refractivity contribution in [2.75, 3.05) is 11.5 Å². The minimum absolute atomic E-state index is 0.254. The van der Waals surface area contributed by atoms with Crippen LogP contribution in [-0.4, -0.2) is 9.13 Å². The Balaban J connectivity index is 1.19. The number of nitrogen functional groups attached to an aromatic ring is 2. The van der Waals surface area contributed by atoms with Crippen LogP contribution in [0.15, 0.2) is 218 Å². The zero-order valence-electron chi connectivity index (χ0n) is 36.7. The van der Waals surface area contributed by atoms with E-state index < -0.39 is 0 Å². The van der Waals surface area contributed by atoms with Crippen LogP contribution < -0.4 is 11.5 Å². The molecule has 0 aliphatic heterocycles. The molecule has 0 saturated carbocycles. The lowest BCUT2D eigenvalue weighted by molar-refractivity contribution is 1.14. The highest BCUT2D eigenvalue weighted by atomic mass is 15.0. The van der Waals surface area contributed by atoms with E-state index in [0.29, 0.717) is 28.2 Å². The summed E-state index contributed by atoms with van der Waals surface area (Å²) in [7, 11) is 0. The molecule has 0 amide bonds. The summed E-state index contributed by atoms with van der Waals surface area (Å²) in [6.45, 7) is 0. The molecular formula is C62H40N6. The molecule has 2 heterocycles. The van der Waals surface area contributed by atoms with Crippen LogP contribution in [0.25, 0.3) is 111 Å². The first kappa shape index (κ1) is 39.9. The Labute approximate surface area is 393 Å². The summed E-state index contributed by atoms with van der Waals surface area (Å²) in [5.74, 6) is 0. The fourth-order valence-electron chi connectivity index (χ4n) is 10.1. The highest BCUT2D eigenvalue weighted by molar-refractivity contribution is 6.16. The fraction of sp³-hybridized carbons (Fsp3) is 0. The van der Waals surface area contributed by atoms with Crippen molar-refractivity contribution in [2.24, 2.45) is 0 Å². The van der Waals surface area contributed by atoms with Crippen molar-refractivity contribution in [3.8, 4) is 79.1 Å². The number of nitrogens with zero attached hydrogens (tertiary/aromatic N) is 4. The molecule has 0 fully saturated rings. The Morgan fingerprint density at radius 3 is 0.956 bits per heavy atom. The molecule has 6 nitrogen and oxygen atoms in total. The highest BCUT2D eigenvalue weighted by Crippen LogP contribution is 2.49. The molecule has 318 valence electrons. The molecule has 2 aromatic heterocycles. The summed E-state index contributed by atoms with van der Waals surface area (Å²) in [4.78, 5) is 0. The van der Waals surface area contributed by atoms with Gasteiger partial charge < -0.3 is 20.6 Å². The third kappa shape index (κ3) is 6.40. The molecule has 68 heavy (non-hydrogen) atoms. The SMILES string of the molecule is N#Cc1ccc(-c2c(N)c(-n3c4ccc(-c5ccccc5)cc4c4cc(-c5ccccc5)ccc43)c(C#N)c(N)c2-n2c3ccc(-c4ccccc4)cc3c3cc(-c4ccccc4)ccc32)cc1. The Morgan fingerprint density at radius 1 is 0.309 bits per heavy atom. The summed E-state index contributed by atoms with van der Waals surface area (Å²) >= 11 is 0. The molecule has 12 aromatic rings. The highest BCUT2D eigenvalue weighted by Gasteiger charge is 2.29. The first-order valence-electron chi connectivity index (χ1n) is 22.5. The van der Waals surface area contributed by atoms with Crippen LogP contribution in [0.2, 0.25) is 0 Å². The van der Waals surface area contributed by atoms with E-state index in [1.807, 2.05) is 60.7 Å². The van der Waals surface area contributed by atoms with Gasteiger partial charge in [-0.15, -0.1) is 0 Å². The smallest absolute Gasteiger partial charge is 0.104 e. The van der Waals surface area contributed by atoms with E-state index in [1.54, 1.807) is 12.1 Å². The molecule has 6 heteroatoms. The maximum Gasteiger partial charge on any atom is 0.104 e. The standard InChI is InChI=1S/C62H40N6/c63-37-39-21-23-44(24-22-39)58-60(66)61(67-54-29-25-45(40-13-5-1-6-14-40)33-49(54)50-34-46(26-30-55(50)67)41-15-7-2-8-16-41)53(38-64)59(65)62(58)68-56-31-27-47(42-17-9-3-10-18-42)35-51(56)52-36-48(28-32-57(52)68)43-19-11-4-12-20-43/h1-36H,65-66H2. The van der Waals surface area contributed by atoms with Crippen LogP contribution in [0.1, 0.15) is 11.1 Å². The van der Waals surface area contributed by atoms with Gasteiger partial charge in [-0.1, -0.05) is 158 Å². The molecule has 0 unspecified atom stereocenters. The van der Waals surface area contributed by atoms with Gasteiger partial charge in [0.1, 0.15) is 11.6 Å². The third-order valence-corrected chi connectivity index (χ3v) is 13.3. The molecule has 0 spiro atoms. The quantitative estimate of drug-likeness (QED) is 0.155. The molecule has 0 saturated heterocycles. The summed E-state index contributed by atoms with van der Waals surface area (Å²) in [5, 5.41) is 25.5. The molecule has 0 aliphatic rings. The number of benzene rings is 10. The monoisotopic (exact) mass is 868 g/mol. The summed E-state index contributed by atoms with van der Waals surface area (Å²) in [5.41, 5.74) is 31.5. The zero-order valence-corrected chi connectivity index (χ0v) is 36.7. The van der Waals surface area contributed by atoms with Gasteiger partial charge in [0.05, 0.1) is 56.4 Å². The number of hydrogen-bond acceptors (Lipinski definition) is 4. The van der Waals surface area contributed by atoms with Gasteiger partial charge >= 0.3 is 0 Å². The molecule has 4 N–H and O–H groups in total. The van der Waals surface area contributed by atoms with Gasteiger partial charge in [0.2, 0.25) is 0 Å². The van der Waals surface area contributed by atoms with Crippen molar-refractivity contribution in [1.29, 1.82) is 10.5 Å². The van der Waals surface area contributed by atoms with Crippen molar-refractivity contribution in [3.63, 3.8) is 0 Å². The molecule has 12 rings (SSSR count). The second kappa shape index (κ2) is 16.1. The first-order valence-corrected chi connectivity index (χ1v) is 22.5. The average Bonchev–Trinajstić information content (AvgIpc) is 3.90. The van der Waals surface area contributed by atoms with Crippen LogP contribution in [0, 0.1) is 22.7 Å². The third-order valence-electron chi connectivity index (χ3n) is 13.3. The lowest BCUT2D eigenvalue weighted by atomic mass is 9.94. The predicted molar refractivity (Wildman–Crippen MR) is 281 cm³/mol. The second-order valence-corrected chi connectivity index (χ2v) is 17.1. The normalized spacial score (nSPS) is 11.3. The van der Waals surface area contributed by atoms with E-state index in [-0.39, 0.29) is 11.3 Å². The molecule has 10 aromatic carbocycles. The Kier molecular flexibility index (Phi) is 9.46. The number of nitriles is 2. The number of aromatic nitrogens is 2. The van der Waals surface area contributed by atoms with Crippen LogP contribution in [0.5, 0.6) is 0 Å². The number of nitrogens with two attached hydrogens (primary N) is 2. The van der Waals surface area contributed by atoms with Crippen LogP contribution in [-0.2, 0) is 0 Å².